The standard InChI is InChI=1S/C13H15NO3/c1-3-7-13(17,8-4-2)10-5-6-11(12(15)16)14-9-10/h3-6,9,17H,1-2,7-8H2,(H,15,16). The van der Waals surface area contributed by atoms with Gasteiger partial charge >= 0.3 is 5.97 Å². The van der Waals surface area contributed by atoms with Gasteiger partial charge in [-0.25, -0.2) is 9.78 Å². The summed E-state index contributed by atoms with van der Waals surface area (Å²) in [4.78, 5) is 14.4. The third kappa shape index (κ3) is 3.01. The minimum absolute atomic E-state index is 0.0479. The second-order valence-electron chi connectivity index (χ2n) is 3.75. The van der Waals surface area contributed by atoms with Crippen LogP contribution in [-0.4, -0.2) is 21.2 Å². The normalized spacial score (nSPS) is 10.9. The Morgan fingerprint density at radius 2 is 1.94 bits per heavy atom. The van der Waals surface area contributed by atoms with E-state index < -0.39 is 11.6 Å². The lowest BCUT2D eigenvalue weighted by Gasteiger charge is -2.25. The molecular weight excluding hydrogens is 218 g/mol. The van der Waals surface area contributed by atoms with E-state index in [1.165, 1.54) is 12.3 Å². The van der Waals surface area contributed by atoms with Crippen molar-refractivity contribution < 1.29 is 15.0 Å². The SMILES string of the molecule is C=CCC(O)(CC=C)c1ccc(C(=O)O)nc1. The Labute approximate surface area is 99.9 Å². The molecule has 0 aliphatic rings. The molecule has 90 valence electrons. The van der Waals surface area contributed by atoms with E-state index in [0.717, 1.165) is 0 Å². The highest BCUT2D eigenvalue weighted by Crippen LogP contribution is 2.29. The molecule has 0 saturated heterocycles. The van der Waals surface area contributed by atoms with Crippen LogP contribution in [0.5, 0.6) is 0 Å². The van der Waals surface area contributed by atoms with Gasteiger partial charge in [0.15, 0.2) is 0 Å². The van der Waals surface area contributed by atoms with Crippen molar-refractivity contribution in [1.82, 2.24) is 4.98 Å². The van der Waals surface area contributed by atoms with Crippen molar-refractivity contribution in [3.63, 3.8) is 0 Å². The van der Waals surface area contributed by atoms with Crippen LogP contribution in [0.15, 0.2) is 43.6 Å². The summed E-state index contributed by atoms with van der Waals surface area (Å²) in [5.74, 6) is -1.09. The first-order valence-electron chi connectivity index (χ1n) is 5.17. The lowest BCUT2D eigenvalue weighted by atomic mass is 9.88. The van der Waals surface area contributed by atoms with Crippen molar-refractivity contribution in [2.24, 2.45) is 0 Å². The maximum absolute atomic E-state index is 10.7. The van der Waals surface area contributed by atoms with Crippen LogP contribution in [0.2, 0.25) is 0 Å². The second kappa shape index (κ2) is 5.41. The predicted octanol–water partition coefficient (Wildman–Crippen LogP) is 2.12. The lowest BCUT2D eigenvalue weighted by Crippen LogP contribution is -2.24. The van der Waals surface area contributed by atoms with E-state index in [2.05, 4.69) is 18.1 Å². The van der Waals surface area contributed by atoms with Gasteiger partial charge in [-0.3, -0.25) is 0 Å². The highest BCUT2D eigenvalue weighted by Gasteiger charge is 2.26. The third-order valence-electron chi connectivity index (χ3n) is 2.48. The maximum Gasteiger partial charge on any atom is 0.354 e. The molecule has 17 heavy (non-hydrogen) atoms. The van der Waals surface area contributed by atoms with E-state index in [1.54, 1.807) is 18.2 Å². The van der Waals surface area contributed by atoms with Crippen molar-refractivity contribution in [2.45, 2.75) is 18.4 Å². The summed E-state index contributed by atoms with van der Waals surface area (Å²) in [6, 6.07) is 2.93. The zero-order chi connectivity index (χ0) is 12.9. The average Bonchev–Trinajstić information content (AvgIpc) is 2.30. The maximum atomic E-state index is 10.7. The molecule has 0 fully saturated rings. The molecule has 0 aliphatic heterocycles. The van der Waals surface area contributed by atoms with E-state index in [-0.39, 0.29) is 5.69 Å². The van der Waals surface area contributed by atoms with Gasteiger partial charge in [-0.05, 0) is 18.9 Å². The lowest BCUT2D eigenvalue weighted by molar-refractivity contribution is 0.0424. The molecule has 0 spiro atoms. The molecule has 0 unspecified atom stereocenters. The fourth-order valence-electron chi connectivity index (χ4n) is 1.59. The van der Waals surface area contributed by atoms with Gasteiger partial charge in [0.05, 0.1) is 5.60 Å². The minimum atomic E-state index is -1.12. The number of hydrogen-bond acceptors (Lipinski definition) is 3. The summed E-state index contributed by atoms with van der Waals surface area (Å²) in [7, 11) is 0. The summed E-state index contributed by atoms with van der Waals surface area (Å²) in [5.41, 5.74) is -0.608. The first kappa shape index (κ1) is 13.1. The van der Waals surface area contributed by atoms with E-state index in [1.807, 2.05) is 0 Å². The Hall–Kier alpha value is -1.94. The monoisotopic (exact) mass is 233 g/mol. The fourth-order valence-corrected chi connectivity index (χ4v) is 1.59. The summed E-state index contributed by atoms with van der Waals surface area (Å²) in [5, 5.41) is 19.1. The number of rotatable bonds is 6. The van der Waals surface area contributed by atoms with Crippen LogP contribution >= 0.6 is 0 Å². The van der Waals surface area contributed by atoms with Crippen LogP contribution in [-0.2, 0) is 5.60 Å². The largest absolute Gasteiger partial charge is 0.477 e. The van der Waals surface area contributed by atoms with Crippen LogP contribution < -0.4 is 0 Å². The van der Waals surface area contributed by atoms with Crippen molar-refractivity contribution in [2.75, 3.05) is 0 Å². The summed E-state index contributed by atoms with van der Waals surface area (Å²) in [6.07, 6.45) is 5.29. The highest BCUT2D eigenvalue weighted by molar-refractivity contribution is 5.85. The van der Waals surface area contributed by atoms with E-state index in [9.17, 15) is 9.90 Å². The minimum Gasteiger partial charge on any atom is -0.477 e. The Morgan fingerprint density at radius 1 is 1.35 bits per heavy atom. The number of nitrogens with zero attached hydrogens (tertiary/aromatic N) is 1. The molecule has 0 saturated carbocycles. The molecule has 2 N–H and O–H groups in total. The first-order chi connectivity index (χ1) is 8.03. The van der Waals surface area contributed by atoms with Gasteiger partial charge in [0, 0.05) is 11.8 Å². The van der Waals surface area contributed by atoms with Crippen molar-refractivity contribution in [3.8, 4) is 0 Å². The van der Waals surface area contributed by atoms with E-state index in [0.29, 0.717) is 18.4 Å². The molecule has 1 aromatic rings. The summed E-state index contributed by atoms with van der Waals surface area (Å²) < 4.78 is 0. The van der Waals surface area contributed by atoms with Gasteiger partial charge in [0.1, 0.15) is 5.69 Å². The van der Waals surface area contributed by atoms with E-state index in [4.69, 9.17) is 5.11 Å². The molecule has 1 rings (SSSR count). The molecule has 0 aromatic carbocycles. The summed E-state index contributed by atoms with van der Waals surface area (Å²) >= 11 is 0. The van der Waals surface area contributed by atoms with Gasteiger partial charge in [-0.1, -0.05) is 18.2 Å². The van der Waals surface area contributed by atoms with Crippen molar-refractivity contribution in [3.05, 3.63) is 54.9 Å². The second-order valence-corrected chi connectivity index (χ2v) is 3.75. The number of carbonyl (C=O) groups is 1. The zero-order valence-electron chi connectivity index (χ0n) is 9.47. The number of carboxylic acids is 1. The van der Waals surface area contributed by atoms with Gasteiger partial charge in [-0.2, -0.15) is 0 Å². The molecule has 0 aliphatic carbocycles. The number of hydrogen-bond donors (Lipinski definition) is 2. The van der Waals surface area contributed by atoms with Gasteiger partial charge in [-0.15, -0.1) is 13.2 Å². The number of aromatic nitrogens is 1. The van der Waals surface area contributed by atoms with Gasteiger partial charge < -0.3 is 10.2 Å². The van der Waals surface area contributed by atoms with Crippen LogP contribution in [0.1, 0.15) is 28.9 Å². The number of pyridine rings is 1. The molecule has 0 bridgehead atoms. The third-order valence-corrected chi connectivity index (χ3v) is 2.48. The van der Waals surface area contributed by atoms with Crippen molar-refractivity contribution in [1.29, 1.82) is 0 Å². The molecule has 0 amide bonds. The quantitative estimate of drug-likeness (QED) is 0.738. The first-order valence-corrected chi connectivity index (χ1v) is 5.17. The Balaban J connectivity index is 3.06. The zero-order valence-corrected chi connectivity index (χ0v) is 9.47. The Bertz CT molecular complexity index is 413. The van der Waals surface area contributed by atoms with Crippen LogP contribution in [0, 0.1) is 0 Å². The predicted molar refractivity (Wildman–Crippen MR) is 64.7 cm³/mol. The molecular formula is C13H15NO3. The average molecular weight is 233 g/mol. The number of carboxylic acid groups (broad SMARTS) is 1. The molecule has 1 aromatic heterocycles. The highest BCUT2D eigenvalue weighted by atomic mass is 16.4. The topological polar surface area (TPSA) is 70.4 Å². The number of aromatic carboxylic acids is 1. The Kier molecular flexibility index (Phi) is 4.17. The molecule has 0 radical (unpaired) electrons. The smallest absolute Gasteiger partial charge is 0.354 e. The molecule has 4 nitrogen and oxygen atoms in total. The summed E-state index contributed by atoms with van der Waals surface area (Å²) in [6.45, 7) is 7.18. The molecule has 4 heteroatoms. The fraction of sp³-hybridized carbons (Fsp3) is 0.231. The van der Waals surface area contributed by atoms with Crippen LogP contribution in [0.4, 0.5) is 0 Å². The molecule has 1 heterocycles. The molecule has 0 atom stereocenters. The van der Waals surface area contributed by atoms with Crippen LogP contribution in [0.25, 0.3) is 0 Å². The van der Waals surface area contributed by atoms with Crippen LogP contribution in [0.3, 0.4) is 0 Å². The Morgan fingerprint density at radius 3 is 2.29 bits per heavy atom. The van der Waals surface area contributed by atoms with E-state index >= 15 is 0 Å². The number of aliphatic hydroxyl groups is 1. The van der Waals surface area contributed by atoms with Gasteiger partial charge in [0.25, 0.3) is 0 Å². The van der Waals surface area contributed by atoms with Gasteiger partial charge in [0.2, 0.25) is 0 Å². The van der Waals surface area contributed by atoms with Crippen molar-refractivity contribution >= 4 is 5.97 Å².